The molecule has 5 nitrogen and oxygen atoms in total. The molecule has 1 aromatic carbocycles. The van der Waals surface area contributed by atoms with Crippen LogP contribution in [-0.4, -0.2) is 28.8 Å². The molecule has 1 saturated heterocycles. The van der Waals surface area contributed by atoms with Crippen molar-refractivity contribution in [1.82, 2.24) is 15.1 Å². The standard InChI is InChI=1S/C19H21N3O2S/c1-13-9-10-17(25-13)19-21-20-18(24-19)15-7-5-11-22(15)12-14-6-3-4-8-16(14)23-2/h3-4,6,8-10,15H,5,7,11-12H2,1-2H3/t15-/m0/s1. The lowest BCUT2D eigenvalue weighted by Gasteiger charge is -2.22. The van der Waals surface area contributed by atoms with E-state index in [0.29, 0.717) is 11.8 Å². The summed E-state index contributed by atoms with van der Waals surface area (Å²) in [7, 11) is 1.72. The number of ether oxygens (including phenoxy) is 1. The van der Waals surface area contributed by atoms with E-state index in [1.165, 1.54) is 10.4 Å². The summed E-state index contributed by atoms with van der Waals surface area (Å²) in [6, 6.07) is 12.5. The van der Waals surface area contributed by atoms with Crippen LogP contribution in [-0.2, 0) is 6.54 Å². The number of aromatic nitrogens is 2. The van der Waals surface area contributed by atoms with E-state index in [4.69, 9.17) is 9.15 Å². The van der Waals surface area contributed by atoms with Gasteiger partial charge in [0, 0.05) is 17.0 Å². The van der Waals surface area contributed by atoms with Gasteiger partial charge in [-0.15, -0.1) is 21.5 Å². The maximum absolute atomic E-state index is 6.01. The monoisotopic (exact) mass is 355 g/mol. The van der Waals surface area contributed by atoms with E-state index in [0.717, 1.165) is 36.6 Å². The lowest BCUT2D eigenvalue weighted by molar-refractivity contribution is 0.213. The molecule has 0 spiro atoms. The van der Waals surface area contributed by atoms with Gasteiger partial charge in [0.1, 0.15) is 5.75 Å². The Hall–Kier alpha value is -2.18. The van der Waals surface area contributed by atoms with Crippen LogP contribution in [0.25, 0.3) is 10.8 Å². The molecule has 0 bridgehead atoms. The molecular formula is C19H21N3O2S. The first-order chi connectivity index (χ1) is 12.2. The van der Waals surface area contributed by atoms with Crippen LogP contribution in [0.3, 0.4) is 0 Å². The highest BCUT2D eigenvalue weighted by Crippen LogP contribution is 2.35. The van der Waals surface area contributed by atoms with Crippen molar-refractivity contribution in [3.63, 3.8) is 0 Å². The van der Waals surface area contributed by atoms with Gasteiger partial charge in [0.05, 0.1) is 18.0 Å². The first kappa shape index (κ1) is 16.3. The summed E-state index contributed by atoms with van der Waals surface area (Å²) < 4.78 is 11.5. The largest absolute Gasteiger partial charge is 0.496 e. The van der Waals surface area contributed by atoms with Crippen molar-refractivity contribution in [2.45, 2.75) is 32.4 Å². The highest BCUT2D eigenvalue weighted by atomic mass is 32.1. The number of aryl methyl sites for hydroxylation is 1. The van der Waals surface area contributed by atoms with E-state index in [-0.39, 0.29) is 6.04 Å². The number of thiophene rings is 1. The molecule has 0 radical (unpaired) electrons. The van der Waals surface area contributed by atoms with Crippen molar-refractivity contribution in [3.8, 4) is 16.5 Å². The average Bonchev–Trinajstić information content (AvgIpc) is 3.35. The van der Waals surface area contributed by atoms with Crippen LogP contribution in [0.2, 0.25) is 0 Å². The van der Waals surface area contributed by atoms with E-state index < -0.39 is 0 Å². The molecule has 0 saturated carbocycles. The molecule has 3 aromatic rings. The van der Waals surface area contributed by atoms with E-state index in [1.54, 1.807) is 18.4 Å². The number of hydrogen-bond donors (Lipinski definition) is 0. The van der Waals surface area contributed by atoms with Crippen molar-refractivity contribution < 1.29 is 9.15 Å². The maximum Gasteiger partial charge on any atom is 0.257 e. The second kappa shape index (κ2) is 6.98. The first-order valence-electron chi connectivity index (χ1n) is 8.51. The van der Waals surface area contributed by atoms with E-state index >= 15 is 0 Å². The number of para-hydroxylation sites is 1. The summed E-state index contributed by atoms with van der Waals surface area (Å²) in [6.45, 7) is 3.93. The lowest BCUT2D eigenvalue weighted by atomic mass is 10.1. The summed E-state index contributed by atoms with van der Waals surface area (Å²) in [5.41, 5.74) is 1.19. The molecule has 1 aliphatic heterocycles. The summed E-state index contributed by atoms with van der Waals surface area (Å²) in [6.07, 6.45) is 2.18. The highest BCUT2D eigenvalue weighted by Gasteiger charge is 2.31. The fourth-order valence-corrected chi connectivity index (χ4v) is 4.15. The van der Waals surface area contributed by atoms with Gasteiger partial charge in [0.15, 0.2) is 0 Å². The van der Waals surface area contributed by atoms with Gasteiger partial charge in [-0.3, -0.25) is 4.90 Å². The molecular weight excluding hydrogens is 334 g/mol. The van der Waals surface area contributed by atoms with Gasteiger partial charge in [-0.2, -0.15) is 0 Å². The second-order valence-corrected chi connectivity index (χ2v) is 7.58. The molecule has 3 heterocycles. The van der Waals surface area contributed by atoms with Crippen molar-refractivity contribution in [2.75, 3.05) is 13.7 Å². The molecule has 4 rings (SSSR count). The van der Waals surface area contributed by atoms with Crippen LogP contribution in [0.15, 0.2) is 40.8 Å². The Balaban J connectivity index is 1.55. The van der Waals surface area contributed by atoms with E-state index in [2.05, 4.69) is 34.2 Å². The van der Waals surface area contributed by atoms with Gasteiger partial charge in [-0.1, -0.05) is 18.2 Å². The zero-order valence-corrected chi connectivity index (χ0v) is 15.3. The molecule has 0 N–H and O–H groups in total. The third-order valence-corrected chi connectivity index (χ3v) is 5.60. The van der Waals surface area contributed by atoms with Crippen molar-refractivity contribution >= 4 is 11.3 Å². The third-order valence-electron chi connectivity index (χ3n) is 4.61. The number of benzene rings is 1. The maximum atomic E-state index is 6.01. The zero-order chi connectivity index (χ0) is 17.2. The number of methoxy groups -OCH3 is 1. The summed E-state index contributed by atoms with van der Waals surface area (Å²) >= 11 is 1.68. The van der Waals surface area contributed by atoms with Gasteiger partial charge < -0.3 is 9.15 Å². The summed E-state index contributed by atoms with van der Waals surface area (Å²) in [5, 5.41) is 8.60. The molecule has 130 valence electrons. The average molecular weight is 355 g/mol. The molecule has 2 aromatic heterocycles. The molecule has 0 amide bonds. The van der Waals surface area contributed by atoms with Crippen molar-refractivity contribution in [3.05, 3.63) is 52.7 Å². The number of nitrogens with zero attached hydrogens (tertiary/aromatic N) is 3. The quantitative estimate of drug-likeness (QED) is 0.677. The number of hydrogen-bond acceptors (Lipinski definition) is 6. The molecule has 0 aliphatic carbocycles. The van der Waals surface area contributed by atoms with Gasteiger partial charge in [0.25, 0.3) is 5.89 Å². The minimum Gasteiger partial charge on any atom is -0.496 e. The second-order valence-electron chi connectivity index (χ2n) is 6.30. The topological polar surface area (TPSA) is 51.4 Å². The van der Waals surface area contributed by atoms with E-state index in [9.17, 15) is 0 Å². The highest BCUT2D eigenvalue weighted by molar-refractivity contribution is 7.15. The summed E-state index contributed by atoms with van der Waals surface area (Å²) in [5.74, 6) is 2.26. The van der Waals surface area contributed by atoms with Crippen molar-refractivity contribution in [2.24, 2.45) is 0 Å². The zero-order valence-electron chi connectivity index (χ0n) is 14.4. The SMILES string of the molecule is COc1ccccc1CN1CCC[C@H]1c1nnc(-c2ccc(C)s2)o1. The normalized spacial score (nSPS) is 17.9. The Morgan fingerprint density at radius 1 is 1.24 bits per heavy atom. The smallest absolute Gasteiger partial charge is 0.257 e. The Morgan fingerprint density at radius 2 is 2.12 bits per heavy atom. The van der Waals surface area contributed by atoms with Crippen LogP contribution in [0.1, 0.15) is 35.2 Å². The van der Waals surface area contributed by atoms with Crippen LogP contribution in [0, 0.1) is 6.92 Å². The lowest BCUT2D eigenvalue weighted by Crippen LogP contribution is -2.23. The molecule has 6 heteroatoms. The Labute approximate surface area is 151 Å². The van der Waals surface area contributed by atoms with Crippen LogP contribution in [0.4, 0.5) is 0 Å². The van der Waals surface area contributed by atoms with Gasteiger partial charge in [0.2, 0.25) is 5.89 Å². The fraction of sp³-hybridized carbons (Fsp3) is 0.368. The summed E-state index contributed by atoms with van der Waals surface area (Å²) in [4.78, 5) is 4.67. The fourth-order valence-electron chi connectivity index (χ4n) is 3.37. The van der Waals surface area contributed by atoms with Crippen LogP contribution < -0.4 is 4.74 Å². The van der Waals surface area contributed by atoms with Gasteiger partial charge in [-0.05, 0) is 44.5 Å². The van der Waals surface area contributed by atoms with Crippen LogP contribution >= 0.6 is 11.3 Å². The first-order valence-corrected chi connectivity index (χ1v) is 9.32. The Kier molecular flexibility index (Phi) is 4.55. The Bertz CT molecular complexity index is 858. The predicted molar refractivity (Wildman–Crippen MR) is 97.7 cm³/mol. The van der Waals surface area contributed by atoms with Crippen molar-refractivity contribution in [1.29, 1.82) is 0 Å². The minimum absolute atomic E-state index is 0.173. The van der Waals surface area contributed by atoms with Crippen LogP contribution in [0.5, 0.6) is 5.75 Å². The Morgan fingerprint density at radius 3 is 2.92 bits per heavy atom. The molecule has 1 aliphatic rings. The molecule has 1 fully saturated rings. The van der Waals surface area contributed by atoms with Gasteiger partial charge in [-0.25, -0.2) is 0 Å². The molecule has 1 atom stereocenters. The minimum atomic E-state index is 0.173. The number of likely N-dealkylation sites (tertiary alicyclic amines) is 1. The van der Waals surface area contributed by atoms with Gasteiger partial charge >= 0.3 is 0 Å². The van der Waals surface area contributed by atoms with E-state index in [1.807, 2.05) is 24.3 Å². The molecule has 25 heavy (non-hydrogen) atoms. The number of rotatable bonds is 5. The predicted octanol–water partition coefficient (Wildman–Crippen LogP) is 4.45. The third kappa shape index (κ3) is 3.32. The molecule has 0 unspecified atom stereocenters.